The summed E-state index contributed by atoms with van der Waals surface area (Å²) in [6.45, 7) is 0. The average Bonchev–Trinajstić information content (AvgIpc) is 2.67. The number of carbonyl (C=O) groups excluding carboxylic acids is 2. The zero-order chi connectivity index (χ0) is 20.2. The summed E-state index contributed by atoms with van der Waals surface area (Å²) in [5.74, 6) is -0.301. The fourth-order valence-corrected chi connectivity index (χ4v) is 2.42. The van der Waals surface area contributed by atoms with E-state index in [1.165, 1.54) is 24.3 Å². The smallest absolute Gasteiger partial charge is 0.335 e. The van der Waals surface area contributed by atoms with Crippen molar-refractivity contribution in [3.8, 4) is 11.5 Å². The minimum absolute atomic E-state index is 0.217. The number of esters is 2. The van der Waals surface area contributed by atoms with Crippen molar-refractivity contribution in [2.75, 3.05) is 0 Å². The molecular formula is C20H22O8. The SMILES string of the molecule is O=C(CCCCCCCCC(=O)Oc1ccc(=O)oc1)Oc1ccc(=O)oc1. The van der Waals surface area contributed by atoms with Gasteiger partial charge in [-0.1, -0.05) is 25.7 Å². The van der Waals surface area contributed by atoms with E-state index in [1.807, 2.05) is 0 Å². The Bertz CT molecular complexity index is 766. The Labute approximate surface area is 161 Å². The maximum absolute atomic E-state index is 11.7. The van der Waals surface area contributed by atoms with Crippen LogP contribution in [0.3, 0.4) is 0 Å². The number of rotatable bonds is 11. The van der Waals surface area contributed by atoms with Crippen LogP contribution in [0.15, 0.2) is 55.2 Å². The lowest BCUT2D eigenvalue weighted by Crippen LogP contribution is -2.08. The summed E-state index contributed by atoms with van der Waals surface area (Å²) in [7, 11) is 0. The van der Waals surface area contributed by atoms with E-state index in [2.05, 4.69) is 8.83 Å². The quantitative estimate of drug-likeness (QED) is 0.424. The summed E-state index contributed by atoms with van der Waals surface area (Å²) in [4.78, 5) is 44.9. The normalized spacial score (nSPS) is 10.4. The molecule has 0 aliphatic heterocycles. The lowest BCUT2D eigenvalue weighted by molar-refractivity contribution is -0.135. The van der Waals surface area contributed by atoms with Crippen molar-refractivity contribution in [2.45, 2.75) is 51.4 Å². The van der Waals surface area contributed by atoms with Crippen LogP contribution in [0.25, 0.3) is 0 Å². The second kappa shape index (κ2) is 11.5. The van der Waals surface area contributed by atoms with Crippen molar-refractivity contribution in [1.82, 2.24) is 0 Å². The molecule has 0 saturated carbocycles. The molecule has 0 amide bonds. The minimum Gasteiger partial charge on any atom is -0.427 e. The number of hydrogen-bond acceptors (Lipinski definition) is 8. The van der Waals surface area contributed by atoms with Crippen LogP contribution in [-0.2, 0) is 9.59 Å². The molecule has 2 aromatic rings. The van der Waals surface area contributed by atoms with Gasteiger partial charge in [-0.15, -0.1) is 0 Å². The third-order valence-electron chi connectivity index (χ3n) is 3.83. The van der Waals surface area contributed by atoms with Crippen LogP contribution >= 0.6 is 0 Å². The Kier molecular flexibility index (Phi) is 8.71. The molecule has 28 heavy (non-hydrogen) atoms. The molecule has 0 saturated heterocycles. The monoisotopic (exact) mass is 390 g/mol. The fourth-order valence-electron chi connectivity index (χ4n) is 2.42. The molecule has 0 bridgehead atoms. The van der Waals surface area contributed by atoms with Gasteiger partial charge in [0.2, 0.25) is 0 Å². The summed E-state index contributed by atoms with van der Waals surface area (Å²) in [5.41, 5.74) is -0.997. The average molecular weight is 390 g/mol. The molecule has 0 radical (unpaired) electrons. The van der Waals surface area contributed by atoms with Gasteiger partial charge < -0.3 is 18.3 Å². The Morgan fingerprint density at radius 2 is 1.04 bits per heavy atom. The van der Waals surface area contributed by atoms with E-state index in [1.54, 1.807) is 0 Å². The Morgan fingerprint density at radius 1 is 0.643 bits per heavy atom. The van der Waals surface area contributed by atoms with E-state index >= 15 is 0 Å². The second-order valence-corrected chi connectivity index (χ2v) is 6.15. The molecule has 2 aromatic heterocycles. The van der Waals surface area contributed by atoms with Gasteiger partial charge in [-0.2, -0.15) is 0 Å². The molecule has 0 unspecified atom stereocenters. The van der Waals surface area contributed by atoms with E-state index < -0.39 is 11.3 Å². The lowest BCUT2D eigenvalue weighted by Gasteiger charge is -2.04. The first-order chi connectivity index (χ1) is 13.5. The highest BCUT2D eigenvalue weighted by molar-refractivity contribution is 5.72. The lowest BCUT2D eigenvalue weighted by atomic mass is 10.1. The number of hydrogen-bond donors (Lipinski definition) is 0. The van der Waals surface area contributed by atoms with Crippen LogP contribution in [0.2, 0.25) is 0 Å². The van der Waals surface area contributed by atoms with Gasteiger partial charge in [0.25, 0.3) is 0 Å². The van der Waals surface area contributed by atoms with Crippen LogP contribution in [0, 0.1) is 0 Å². The highest BCUT2D eigenvalue weighted by Gasteiger charge is 2.07. The van der Waals surface area contributed by atoms with Crippen LogP contribution < -0.4 is 20.7 Å². The van der Waals surface area contributed by atoms with Gasteiger partial charge in [0, 0.05) is 25.0 Å². The van der Waals surface area contributed by atoms with E-state index in [-0.39, 0.29) is 23.4 Å². The highest BCUT2D eigenvalue weighted by Crippen LogP contribution is 2.13. The molecule has 0 N–H and O–H groups in total. The Morgan fingerprint density at radius 3 is 1.39 bits per heavy atom. The van der Waals surface area contributed by atoms with Gasteiger partial charge in [-0.25, -0.2) is 9.59 Å². The molecule has 0 aromatic carbocycles. The summed E-state index contributed by atoms with van der Waals surface area (Å²) in [6.07, 6.45) is 7.88. The van der Waals surface area contributed by atoms with Crippen LogP contribution in [0.4, 0.5) is 0 Å². The summed E-state index contributed by atoms with van der Waals surface area (Å²) < 4.78 is 19.3. The van der Waals surface area contributed by atoms with E-state index in [4.69, 9.17) is 9.47 Å². The van der Waals surface area contributed by atoms with Crippen LogP contribution in [0.5, 0.6) is 11.5 Å². The number of carbonyl (C=O) groups is 2. The first-order valence-corrected chi connectivity index (χ1v) is 9.12. The van der Waals surface area contributed by atoms with Crippen molar-refractivity contribution >= 4 is 11.9 Å². The molecule has 0 aliphatic rings. The maximum atomic E-state index is 11.7. The number of unbranched alkanes of at least 4 members (excludes halogenated alkanes) is 5. The molecule has 0 spiro atoms. The molecule has 150 valence electrons. The minimum atomic E-state index is -0.499. The van der Waals surface area contributed by atoms with E-state index in [9.17, 15) is 19.2 Å². The van der Waals surface area contributed by atoms with Crippen molar-refractivity contribution in [3.63, 3.8) is 0 Å². The Hall–Kier alpha value is -3.16. The first-order valence-electron chi connectivity index (χ1n) is 9.12. The summed E-state index contributed by atoms with van der Waals surface area (Å²) in [5, 5.41) is 0. The largest absolute Gasteiger partial charge is 0.427 e. The predicted octanol–water partition coefficient (Wildman–Crippen LogP) is 3.22. The zero-order valence-corrected chi connectivity index (χ0v) is 15.4. The predicted molar refractivity (Wildman–Crippen MR) is 98.2 cm³/mol. The Balaban J connectivity index is 1.46. The molecule has 0 atom stereocenters. The van der Waals surface area contributed by atoms with Gasteiger partial charge in [-0.3, -0.25) is 9.59 Å². The van der Waals surface area contributed by atoms with Crippen molar-refractivity contribution in [1.29, 1.82) is 0 Å². The van der Waals surface area contributed by atoms with Crippen LogP contribution in [-0.4, -0.2) is 11.9 Å². The zero-order valence-electron chi connectivity index (χ0n) is 15.4. The summed E-state index contributed by atoms with van der Waals surface area (Å²) >= 11 is 0. The first kappa shape index (κ1) is 21.1. The second-order valence-electron chi connectivity index (χ2n) is 6.15. The van der Waals surface area contributed by atoms with E-state index in [0.717, 1.165) is 38.2 Å². The molecule has 8 nitrogen and oxygen atoms in total. The van der Waals surface area contributed by atoms with Gasteiger partial charge in [0.15, 0.2) is 11.5 Å². The van der Waals surface area contributed by atoms with Crippen molar-refractivity contribution in [3.05, 3.63) is 57.6 Å². The fraction of sp³-hybridized carbons (Fsp3) is 0.400. The highest BCUT2D eigenvalue weighted by atomic mass is 16.5. The molecular weight excluding hydrogens is 368 g/mol. The molecule has 2 heterocycles. The van der Waals surface area contributed by atoms with Gasteiger partial charge in [0.1, 0.15) is 12.5 Å². The van der Waals surface area contributed by atoms with Crippen LogP contribution in [0.1, 0.15) is 51.4 Å². The molecule has 2 rings (SSSR count). The van der Waals surface area contributed by atoms with Gasteiger partial charge >= 0.3 is 23.2 Å². The topological polar surface area (TPSA) is 113 Å². The van der Waals surface area contributed by atoms with Crippen molar-refractivity contribution < 1.29 is 27.9 Å². The summed E-state index contributed by atoms with van der Waals surface area (Å²) in [6, 6.07) is 5.16. The van der Waals surface area contributed by atoms with Gasteiger partial charge in [0.05, 0.1) is 0 Å². The van der Waals surface area contributed by atoms with Crippen molar-refractivity contribution in [2.24, 2.45) is 0 Å². The standard InChI is InChI=1S/C20H22O8/c21-17-11-9-15(13-25-17)27-19(23)7-5-3-1-2-4-6-8-20(24)28-16-10-12-18(22)26-14-16/h9-14H,1-8H2. The molecule has 0 fully saturated rings. The molecule has 8 heteroatoms. The third-order valence-corrected chi connectivity index (χ3v) is 3.83. The number of ether oxygens (including phenoxy) is 2. The maximum Gasteiger partial charge on any atom is 0.335 e. The third kappa shape index (κ3) is 8.48. The van der Waals surface area contributed by atoms with Gasteiger partial charge in [-0.05, 0) is 25.0 Å². The van der Waals surface area contributed by atoms with E-state index in [0.29, 0.717) is 25.7 Å². The molecule has 0 aliphatic carbocycles.